The van der Waals surface area contributed by atoms with Crippen molar-refractivity contribution < 1.29 is 49.0 Å². The van der Waals surface area contributed by atoms with Gasteiger partial charge in [0.05, 0.1) is 5.52 Å². The minimum Gasteiger partial charge on any atom is -0.434 e. The lowest BCUT2D eigenvalue weighted by Crippen LogP contribution is -2.50. The zero-order chi connectivity index (χ0) is 25.5. The Bertz CT molecular complexity index is 1210. The van der Waals surface area contributed by atoms with E-state index in [1.165, 1.54) is 24.4 Å². The minimum absolute atomic E-state index is 0.0601. The summed E-state index contributed by atoms with van der Waals surface area (Å²) >= 11 is 2.67. The monoisotopic (exact) mass is 559 g/mol. The van der Waals surface area contributed by atoms with E-state index in [9.17, 15) is 44.3 Å². The number of alkyl halides is 9. The first-order chi connectivity index (χ1) is 15.6. The maximum Gasteiger partial charge on any atom is 0.435 e. The summed E-state index contributed by atoms with van der Waals surface area (Å²) < 4.78 is 122. The maximum absolute atomic E-state index is 14.5. The summed E-state index contributed by atoms with van der Waals surface area (Å²) in [7, 11) is 0. The van der Waals surface area contributed by atoms with Gasteiger partial charge in [0.2, 0.25) is 0 Å². The molecular formula is C21H11BrF9NO2. The number of ketones is 1. The normalized spacial score (nSPS) is 12.9. The maximum atomic E-state index is 14.5. The van der Waals surface area contributed by atoms with Gasteiger partial charge in [0.25, 0.3) is 0 Å². The van der Waals surface area contributed by atoms with Gasteiger partial charge in [-0.05, 0) is 36.4 Å². The molecule has 0 amide bonds. The van der Waals surface area contributed by atoms with Crippen molar-refractivity contribution in [1.82, 2.24) is 4.98 Å². The standard InChI is InChI=1S/C21H11BrF9NO2/c22-14-7-12(19(25,20(26,27)28)21(29,30)31)8-17(34-18(23)24)13(14)9-16(33)11-3-4-15-10(6-11)2-1-5-32-15/h1-8,18H,9H2. The van der Waals surface area contributed by atoms with E-state index >= 15 is 0 Å². The number of fused-ring (bicyclic) bond motifs is 1. The van der Waals surface area contributed by atoms with Gasteiger partial charge in [0, 0.05) is 39.2 Å². The third-order valence-corrected chi connectivity index (χ3v) is 5.52. The van der Waals surface area contributed by atoms with Crippen molar-refractivity contribution in [2.45, 2.75) is 31.1 Å². The van der Waals surface area contributed by atoms with Crippen LogP contribution in [0.3, 0.4) is 0 Å². The first-order valence-corrected chi connectivity index (χ1v) is 9.92. The number of hydrogen-bond donors (Lipinski definition) is 0. The molecule has 2 aromatic carbocycles. The van der Waals surface area contributed by atoms with E-state index in [2.05, 4.69) is 25.7 Å². The number of ether oxygens (including phenoxy) is 1. The lowest BCUT2D eigenvalue weighted by molar-refractivity contribution is -0.348. The van der Waals surface area contributed by atoms with Gasteiger partial charge < -0.3 is 4.74 Å². The summed E-state index contributed by atoms with van der Waals surface area (Å²) in [6.45, 7) is -3.69. The summed E-state index contributed by atoms with van der Waals surface area (Å²) in [4.78, 5) is 16.8. The zero-order valence-electron chi connectivity index (χ0n) is 16.4. The average molecular weight is 560 g/mol. The van der Waals surface area contributed by atoms with Crippen molar-refractivity contribution in [3.05, 3.63) is 69.8 Å². The number of hydrogen-bond acceptors (Lipinski definition) is 3. The van der Waals surface area contributed by atoms with Crippen molar-refractivity contribution in [3.63, 3.8) is 0 Å². The second-order valence-corrected chi connectivity index (χ2v) is 7.83. The van der Waals surface area contributed by atoms with E-state index in [4.69, 9.17) is 0 Å². The molecule has 0 atom stereocenters. The van der Waals surface area contributed by atoms with Crippen LogP contribution in [0.25, 0.3) is 10.9 Å². The van der Waals surface area contributed by atoms with Gasteiger partial charge in [-0.3, -0.25) is 9.78 Å². The third kappa shape index (κ3) is 4.84. The van der Waals surface area contributed by atoms with Crippen LogP contribution in [0.2, 0.25) is 0 Å². The fraction of sp³-hybridized carbons (Fsp3) is 0.238. The third-order valence-electron chi connectivity index (χ3n) is 4.81. The van der Waals surface area contributed by atoms with E-state index in [0.717, 1.165) is 0 Å². The first kappa shape index (κ1) is 25.8. The Labute approximate surface area is 193 Å². The van der Waals surface area contributed by atoms with Crippen LogP contribution in [-0.2, 0) is 12.1 Å². The molecule has 1 aromatic heterocycles. The van der Waals surface area contributed by atoms with Gasteiger partial charge in [0.1, 0.15) is 5.75 Å². The average Bonchev–Trinajstić information content (AvgIpc) is 2.72. The largest absolute Gasteiger partial charge is 0.435 e. The number of nitrogens with zero attached hydrogens (tertiary/aromatic N) is 1. The molecule has 0 fully saturated rings. The topological polar surface area (TPSA) is 39.2 Å². The molecule has 13 heteroatoms. The highest BCUT2D eigenvalue weighted by Gasteiger charge is 2.73. The van der Waals surface area contributed by atoms with Gasteiger partial charge in [0.15, 0.2) is 5.78 Å². The Morgan fingerprint density at radius 1 is 0.971 bits per heavy atom. The van der Waals surface area contributed by atoms with Gasteiger partial charge in [-0.25, -0.2) is 4.39 Å². The summed E-state index contributed by atoms with van der Waals surface area (Å²) in [6, 6.07) is 7.47. The quantitative estimate of drug-likeness (QED) is 0.235. The first-order valence-electron chi connectivity index (χ1n) is 9.13. The smallest absolute Gasteiger partial charge is 0.434 e. The predicted molar refractivity (Wildman–Crippen MR) is 105 cm³/mol. The zero-order valence-corrected chi connectivity index (χ0v) is 18.0. The molecule has 0 spiro atoms. The van der Waals surface area contributed by atoms with Crippen LogP contribution >= 0.6 is 15.9 Å². The molecule has 1 heterocycles. The fourth-order valence-corrected chi connectivity index (χ4v) is 3.76. The van der Waals surface area contributed by atoms with Crippen LogP contribution in [0.15, 0.2) is 53.1 Å². The predicted octanol–water partition coefficient (Wildman–Crippen LogP) is 7.31. The molecule has 34 heavy (non-hydrogen) atoms. The molecule has 0 unspecified atom stereocenters. The van der Waals surface area contributed by atoms with Crippen LogP contribution in [-0.4, -0.2) is 29.7 Å². The molecule has 0 bridgehead atoms. The molecule has 182 valence electrons. The lowest BCUT2D eigenvalue weighted by atomic mass is 9.91. The summed E-state index contributed by atoms with van der Waals surface area (Å²) in [5.74, 6) is -1.94. The molecule has 0 aliphatic heterocycles. The van der Waals surface area contributed by atoms with E-state index in [1.807, 2.05) is 0 Å². The minimum atomic E-state index is -6.47. The van der Waals surface area contributed by atoms with Crippen molar-refractivity contribution in [2.24, 2.45) is 0 Å². The Morgan fingerprint density at radius 2 is 1.62 bits per heavy atom. The summed E-state index contributed by atoms with van der Waals surface area (Å²) in [5.41, 5.74) is -7.82. The molecule has 0 radical (unpaired) electrons. The highest BCUT2D eigenvalue weighted by Crippen LogP contribution is 2.54. The van der Waals surface area contributed by atoms with Crippen molar-refractivity contribution >= 4 is 32.6 Å². The van der Waals surface area contributed by atoms with Crippen molar-refractivity contribution in [2.75, 3.05) is 0 Å². The number of pyridine rings is 1. The Morgan fingerprint density at radius 3 is 2.21 bits per heavy atom. The van der Waals surface area contributed by atoms with E-state index in [-0.39, 0.29) is 17.7 Å². The summed E-state index contributed by atoms with van der Waals surface area (Å²) in [5, 5.41) is 0.546. The number of Topliss-reactive ketones (excluding diaryl/α,β-unsaturated/α-hetero) is 1. The number of benzene rings is 2. The van der Waals surface area contributed by atoms with Gasteiger partial charge >= 0.3 is 24.6 Å². The van der Waals surface area contributed by atoms with E-state index in [1.54, 1.807) is 12.1 Å². The van der Waals surface area contributed by atoms with Crippen LogP contribution in [0.5, 0.6) is 5.75 Å². The number of carbonyl (C=O) groups is 1. The molecule has 0 aliphatic rings. The van der Waals surface area contributed by atoms with Gasteiger partial charge in [-0.15, -0.1) is 0 Å². The Balaban J connectivity index is 2.09. The molecule has 0 saturated carbocycles. The van der Waals surface area contributed by atoms with Crippen LogP contribution in [0, 0.1) is 0 Å². The number of rotatable bonds is 6. The molecule has 0 saturated heterocycles. The molecule has 3 nitrogen and oxygen atoms in total. The van der Waals surface area contributed by atoms with Crippen LogP contribution in [0.4, 0.5) is 39.5 Å². The Kier molecular flexibility index (Phi) is 6.89. The lowest BCUT2D eigenvalue weighted by Gasteiger charge is -2.31. The number of halogens is 10. The highest BCUT2D eigenvalue weighted by atomic mass is 79.9. The molecular weight excluding hydrogens is 549 g/mol. The molecule has 0 aliphatic carbocycles. The second-order valence-electron chi connectivity index (χ2n) is 6.98. The molecule has 3 rings (SSSR count). The number of carbonyl (C=O) groups excluding carboxylic acids is 1. The summed E-state index contributed by atoms with van der Waals surface area (Å²) in [6.07, 6.45) is -12.2. The fourth-order valence-electron chi connectivity index (χ4n) is 3.18. The van der Waals surface area contributed by atoms with Crippen molar-refractivity contribution in [3.8, 4) is 5.75 Å². The van der Waals surface area contributed by atoms with E-state index < -0.39 is 58.2 Å². The van der Waals surface area contributed by atoms with Gasteiger partial charge in [-0.2, -0.15) is 35.1 Å². The Hall–Kier alpha value is -2.83. The SMILES string of the molecule is O=C(Cc1c(Br)cc(C(F)(C(F)(F)F)C(F)(F)F)cc1OC(F)F)c1ccc2ncccc2c1. The van der Waals surface area contributed by atoms with Gasteiger partial charge in [-0.1, -0.05) is 22.0 Å². The highest BCUT2D eigenvalue weighted by molar-refractivity contribution is 9.10. The molecule has 0 N–H and O–H groups in total. The van der Waals surface area contributed by atoms with Crippen LogP contribution in [0.1, 0.15) is 21.5 Å². The van der Waals surface area contributed by atoms with Crippen molar-refractivity contribution in [1.29, 1.82) is 0 Å². The molecule has 3 aromatic rings. The second kappa shape index (κ2) is 9.08. The van der Waals surface area contributed by atoms with Crippen LogP contribution < -0.4 is 4.74 Å². The van der Waals surface area contributed by atoms with E-state index in [0.29, 0.717) is 10.9 Å². The number of aromatic nitrogens is 1.